The summed E-state index contributed by atoms with van der Waals surface area (Å²) < 4.78 is 16.9. The summed E-state index contributed by atoms with van der Waals surface area (Å²) in [7, 11) is 0. The number of aliphatic hydroxyl groups is 1. The highest BCUT2D eigenvalue weighted by Gasteiger charge is 2.43. The fraction of sp³-hybridized carbons (Fsp3) is 0.214. The van der Waals surface area contributed by atoms with Crippen molar-refractivity contribution in [3.63, 3.8) is 0 Å². The van der Waals surface area contributed by atoms with Crippen LogP contribution >= 0.6 is 0 Å². The zero-order chi connectivity index (χ0) is 24.8. The Balaban J connectivity index is 1.76. The fourth-order valence-corrected chi connectivity index (χ4v) is 4.05. The molecule has 0 fully saturated rings. The molecule has 1 aromatic heterocycles. The van der Waals surface area contributed by atoms with Crippen LogP contribution in [0, 0.1) is 0 Å². The van der Waals surface area contributed by atoms with Crippen molar-refractivity contribution in [1.29, 1.82) is 0 Å². The lowest BCUT2D eigenvalue weighted by molar-refractivity contribution is -0.130. The van der Waals surface area contributed by atoms with E-state index in [-0.39, 0.29) is 12.1 Å². The Morgan fingerprint density at radius 2 is 1.77 bits per heavy atom. The predicted octanol–water partition coefficient (Wildman–Crippen LogP) is 5.26. The van der Waals surface area contributed by atoms with E-state index in [0.29, 0.717) is 36.0 Å². The number of allylic oxidation sites excluding steroid dienone is 1. The number of hydrogen-bond donors (Lipinski definition) is 1. The zero-order valence-electron chi connectivity index (χ0n) is 19.6. The van der Waals surface area contributed by atoms with Gasteiger partial charge in [0.15, 0.2) is 23.0 Å². The first-order chi connectivity index (χ1) is 17.0. The average molecular weight is 474 g/mol. The van der Waals surface area contributed by atoms with Gasteiger partial charge in [-0.2, -0.15) is 0 Å². The standard InChI is InChI=1S/C28H27NO6/c1-3-33-23-15-13-20(17-24(23)34-4-2)26-25(22(30)14-12-19-9-6-5-7-10-19)27(31)28(32)29(26)18-21-11-8-16-35-21/h5-17,26,31H,3-4,18H2,1-2H3/b14-12+. The second-order valence-electron chi connectivity index (χ2n) is 7.86. The highest BCUT2D eigenvalue weighted by atomic mass is 16.5. The maximum Gasteiger partial charge on any atom is 0.290 e. The van der Waals surface area contributed by atoms with Crippen LogP contribution in [-0.4, -0.2) is 34.9 Å². The van der Waals surface area contributed by atoms with Gasteiger partial charge in [-0.1, -0.05) is 42.5 Å². The summed E-state index contributed by atoms with van der Waals surface area (Å²) in [6.45, 7) is 4.69. The monoisotopic (exact) mass is 473 g/mol. The molecule has 0 spiro atoms. The first-order valence-electron chi connectivity index (χ1n) is 11.5. The van der Waals surface area contributed by atoms with Crippen LogP contribution in [0.25, 0.3) is 6.08 Å². The number of ketones is 1. The number of amides is 1. The number of hydrogen-bond acceptors (Lipinski definition) is 6. The highest BCUT2D eigenvalue weighted by Crippen LogP contribution is 2.42. The maximum absolute atomic E-state index is 13.3. The molecule has 0 saturated heterocycles. The second kappa shape index (κ2) is 10.8. The van der Waals surface area contributed by atoms with E-state index in [4.69, 9.17) is 13.9 Å². The van der Waals surface area contributed by atoms with Gasteiger partial charge in [0.25, 0.3) is 5.91 Å². The van der Waals surface area contributed by atoms with Gasteiger partial charge in [0.05, 0.1) is 37.6 Å². The van der Waals surface area contributed by atoms with Crippen LogP contribution in [0.15, 0.2) is 88.8 Å². The minimum absolute atomic E-state index is 0.000320. The molecule has 7 heteroatoms. The van der Waals surface area contributed by atoms with Gasteiger partial charge in [-0.15, -0.1) is 0 Å². The summed E-state index contributed by atoms with van der Waals surface area (Å²) in [6.07, 6.45) is 4.54. The number of furan rings is 1. The van der Waals surface area contributed by atoms with E-state index in [2.05, 4.69) is 0 Å². The van der Waals surface area contributed by atoms with Gasteiger partial charge in [-0.05, 0) is 55.3 Å². The van der Waals surface area contributed by atoms with Gasteiger partial charge < -0.3 is 23.9 Å². The Morgan fingerprint density at radius 3 is 2.46 bits per heavy atom. The normalized spacial score (nSPS) is 15.8. The van der Waals surface area contributed by atoms with Crippen molar-refractivity contribution in [3.8, 4) is 11.5 Å². The van der Waals surface area contributed by atoms with Gasteiger partial charge >= 0.3 is 0 Å². The molecule has 0 radical (unpaired) electrons. The third-order valence-electron chi connectivity index (χ3n) is 5.59. The van der Waals surface area contributed by atoms with Crippen LogP contribution in [0.1, 0.15) is 36.8 Å². The van der Waals surface area contributed by atoms with Crippen molar-refractivity contribution >= 4 is 17.8 Å². The largest absolute Gasteiger partial charge is 0.503 e. The number of benzene rings is 2. The van der Waals surface area contributed by atoms with E-state index in [1.807, 2.05) is 44.2 Å². The minimum atomic E-state index is -0.838. The number of rotatable bonds is 10. The van der Waals surface area contributed by atoms with Crippen molar-refractivity contribution in [2.45, 2.75) is 26.4 Å². The molecule has 1 N–H and O–H groups in total. The molecule has 4 rings (SSSR count). The molecule has 1 amide bonds. The topological polar surface area (TPSA) is 89.2 Å². The van der Waals surface area contributed by atoms with E-state index in [1.165, 1.54) is 17.2 Å². The summed E-state index contributed by atoms with van der Waals surface area (Å²) in [5.74, 6) is -0.0923. The Kier molecular flexibility index (Phi) is 7.35. The average Bonchev–Trinajstić information content (AvgIpc) is 3.47. The molecule has 2 heterocycles. The summed E-state index contributed by atoms with van der Waals surface area (Å²) >= 11 is 0. The molecule has 1 aliphatic heterocycles. The number of nitrogens with zero attached hydrogens (tertiary/aromatic N) is 1. The predicted molar refractivity (Wildman–Crippen MR) is 131 cm³/mol. The molecule has 1 atom stereocenters. The summed E-state index contributed by atoms with van der Waals surface area (Å²) in [5, 5.41) is 10.8. The molecular formula is C28H27NO6. The minimum Gasteiger partial charge on any atom is -0.503 e. The fourth-order valence-electron chi connectivity index (χ4n) is 4.05. The smallest absolute Gasteiger partial charge is 0.290 e. The number of carbonyl (C=O) groups is 2. The lowest BCUT2D eigenvalue weighted by Crippen LogP contribution is -2.30. The molecular weight excluding hydrogens is 446 g/mol. The summed E-state index contributed by atoms with van der Waals surface area (Å²) in [6, 6.07) is 17.2. The lowest BCUT2D eigenvalue weighted by Gasteiger charge is -2.26. The lowest BCUT2D eigenvalue weighted by atomic mass is 9.95. The first kappa shape index (κ1) is 23.9. The summed E-state index contributed by atoms with van der Waals surface area (Å²) in [5.41, 5.74) is 1.44. The molecule has 7 nitrogen and oxygen atoms in total. The van der Waals surface area contributed by atoms with Gasteiger partial charge in [0.2, 0.25) is 0 Å². The third kappa shape index (κ3) is 5.14. The van der Waals surface area contributed by atoms with Crippen molar-refractivity contribution < 1.29 is 28.6 Å². The van der Waals surface area contributed by atoms with Gasteiger partial charge in [-0.25, -0.2) is 0 Å². The molecule has 180 valence electrons. The van der Waals surface area contributed by atoms with Gasteiger partial charge in [0.1, 0.15) is 5.76 Å². The highest BCUT2D eigenvalue weighted by molar-refractivity contribution is 6.14. The number of aliphatic hydroxyl groups excluding tert-OH is 1. The van der Waals surface area contributed by atoms with Crippen LogP contribution in [0.2, 0.25) is 0 Å². The molecule has 1 aliphatic rings. The molecule has 2 aromatic carbocycles. The zero-order valence-corrected chi connectivity index (χ0v) is 19.6. The third-order valence-corrected chi connectivity index (χ3v) is 5.59. The SMILES string of the molecule is CCOc1ccc(C2C(C(=O)/C=C/c3ccccc3)=C(O)C(=O)N2Cc2ccco2)cc1OCC. The molecule has 35 heavy (non-hydrogen) atoms. The van der Waals surface area contributed by atoms with Crippen molar-refractivity contribution in [2.24, 2.45) is 0 Å². The molecule has 0 aliphatic carbocycles. The van der Waals surface area contributed by atoms with Crippen molar-refractivity contribution in [2.75, 3.05) is 13.2 Å². The Hall–Kier alpha value is -4.26. The molecule has 0 saturated carbocycles. The summed E-state index contributed by atoms with van der Waals surface area (Å²) in [4.78, 5) is 27.9. The van der Waals surface area contributed by atoms with E-state index in [9.17, 15) is 14.7 Å². The molecule has 1 unspecified atom stereocenters. The maximum atomic E-state index is 13.3. The van der Waals surface area contributed by atoms with Crippen LogP contribution in [0.5, 0.6) is 11.5 Å². The van der Waals surface area contributed by atoms with Crippen LogP contribution in [0.4, 0.5) is 0 Å². The molecule has 3 aromatic rings. The van der Waals surface area contributed by atoms with Crippen LogP contribution in [0.3, 0.4) is 0 Å². The Labute approximate surface area is 203 Å². The van der Waals surface area contributed by atoms with E-state index in [1.54, 1.807) is 36.4 Å². The Bertz CT molecular complexity index is 1240. The Morgan fingerprint density at radius 1 is 1.03 bits per heavy atom. The van der Waals surface area contributed by atoms with Crippen molar-refractivity contribution in [3.05, 3.63) is 101 Å². The quantitative estimate of drug-likeness (QED) is 0.404. The number of carbonyl (C=O) groups excluding carboxylic acids is 2. The van der Waals surface area contributed by atoms with E-state index < -0.39 is 23.5 Å². The first-order valence-corrected chi connectivity index (χ1v) is 11.5. The molecule has 0 bridgehead atoms. The van der Waals surface area contributed by atoms with E-state index in [0.717, 1.165) is 5.56 Å². The van der Waals surface area contributed by atoms with E-state index >= 15 is 0 Å². The van der Waals surface area contributed by atoms with Crippen LogP contribution in [-0.2, 0) is 16.1 Å². The van der Waals surface area contributed by atoms with Gasteiger partial charge in [0, 0.05) is 0 Å². The van der Waals surface area contributed by atoms with Gasteiger partial charge in [-0.3, -0.25) is 9.59 Å². The second-order valence-corrected chi connectivity index (χ2v) is 7.86. The van der Waals surface area contributed by atoms with Crippen molar-refractivity contribution in [1.82, 2.24) is 4.90 Å². The number of ether oxygens (including phenoxy) is 2. The van der Waals surface area contributed by atoms with Crippen LogP contribution < -0.4 is 9.47 Å².